The first-order chi connectivity index (χ1) is 8.97. The van der Waals surface area contributed by atoms with Gasteiger partial charge in [0, 0.05) is 18.2 Å². The van der Waals surface area contributed by atoms with Crippen LogP contribution in [0.2, 0.25) is 0 Å². The third kappa shape index (κ3) is 3.51. The van der Waals surface area contributed by atoms with Crippen molar-refractivity contribution in [2.75, 3.05) is 5.32 Å². The van der Waals surface area contributed by atoms with Crippen molar-refractivity contribution in [2.45, 2.75) is 20.0 Å². The number of aromatic hydroxyl groups is 2. The number of alkyl halides is 2. The summed E-state index contributed by atoms with van der Waals surface area (Å²) < 4.78 is 25.4. The summed E-state index contributed by atoms with van der Waals surface area (Å²) in [6, 6.07) is 4.20. The third-order valence-electron chi connectivity index (χ3n) is 2.65. The van der Waals surface area contributed by atoms with Gasteiger partial charge in [0.15, 0.2) is 0 Å². The van der Waals surface area contributed by atoms with Crippen LogP contribution < -0.4 is 5.32 Å². The fourth-order valence-corrected chi connectivity index (χ4v) is 1.65. The van der Waals surface area contributed by atoms with E-state index in [2.05, 4.69) is 10.4 Å². The van der Waals surface area contributed by atoms with Crippen molar-refractivity contribution in [3.8, 4) is 11.5 Å². The lowest BCUT2D eigenvalue weighted by atomic mass is 10.2. The van der Waals surface area contributed by atoms with Crippen molar-refractivity contribution in [1.82, 2.24) is 9.78 Å². The molecular formula is C12H14ClF2N3O2. The Morgan fingerprint density at radius 3 is 2.60 bits per heavy atom. The molecule has 0 aliphatic carbocycles. The minimum absolute atomic E-state index is 0. The second kappa shape index (κ2) is 6.42. The van der Waals surface area contributed by atoms with Crippen molar-refractivity contribution < 1.29 is 19.0 Å². The van der Waals surface area contributed by atoms with Gasteiger partial charge in [-0.05, 0) is 19.1 Å². The monoisotopic (exact) mass is 305 g/mol. The van der Waals surface area contributed by atoms with E-state index in [0.29, 0.717) is 21.6 Å². The zero-order valence-corrected chi connectivity index (χ0v) is 11.4. The van der Waals surface area contributed by atoms with Crippen LogP contribution in [-0.4, -0.2) is 20.0 Å². The van der Waals surface area contributed by atoms with Gasteiger partial charge < -0.3 is 15.5 Å². The minimum atomic E-state index is -2.68. The van der Waals surface area contributed by atoms with Crippen LogP contribution in [-0.2, 0) is 6.54 Å². The molecule has 1 aromatic heterocycles. The van der Waals surface area contributed by atoms with Crippen LogP contribution >= 0.6 is 12.4 Å². The Morgan fingerprint density at radius 2 is 2.05 bits per heavy atom. The van der Waals surface area contributed by atoms with Gasteiger partial charge in [-0.3, -0.25) is 0 Å². The lowest BCUT2D eigenvalue weighted by Crippen LogP contribution is -2.00. The van der Waals surface area contributed by atoms with Crippen LogP contribution in [0.1, 0.15) is 17.8 Å². The number of benzene rings is 1. The summed E-state index contributed by atoms with van der Waals surface area (Å²) >= 11 is 0. The molecule has 0 saturated heterocycles. The fourth-order valence-electron chi connectivity index (χ4n) is 1.65. The number of anilines is 1. The highest BCUT2D eigenvalue weighted by Gasteiger charge is 2.11. The molecule has 0 aliphatic rings. The van der Waals surface area contributed by atoms with E-state index in [0.717, 1.165) is 0 Å². The molecule has 0 atom stereocenters. The zero-order chi connectivity index (χ0) is 14.0. The number of nitrogens with one attached hydrogen (secondary N) is 1. The molecule has 0 saturated carbocycles. The second-order valence-corrected chi connectivity index (χ2v) is 4.05. The summed E-state index contributed by atoms with van der Waals surface area (Å²) in [7, 11) is 0. The molecule has 1 heterocycles. The van der Waals surface area contributed by atoms with Crippen LogP contribution in [0.3, 0.4) is 0 Å². The van der Waals surface area contributed by atoms with Gasteiger partial charge >= 0.3 is 6.55 Å². The topological polar surface area (TPSA) is 70.3 Å². The number of rotatable bonds is 4. The van der Waals surface area contributed by atoms with E-state index in [-0.39, 0.29) is 30.5 Å². The standard InChI is InChI=1S/C12H13F2N3O2.ClH/c1-7-10(6-17(16-7)12(13)14)15-5-8-2-3-9(18)4-11(8)19;/h2-4,6,12,15,18-19H,5H2,1H3;1H. The molecule has 0 aliphatic heterocycles. The molecule has 0 unspecified atom stereocenters. The fraction of sp³-hybridized carbons (Fsp3) is 0.250. The van der Waals surface area contributed by atoms with Crippen LogP contribution in [0.25, 0.3) is 0 Å². The SMILES string of the molecule is Cc1nn(C(F)F)cc1NCc1ccc(O)cc1O.Cl. The summed E-state index contributed by atoms with van der Waals surface area (Å²) in [6.45, 7) is -0.837. The Hall–Kier alpha value is -2.02. The van der Waals surface area contributed by atoms with Gasteiger partial charge in [-0.15, -0.1) is 12.4 Å². The maximum absolute atomic E-state index is 12.4. The predicted octanol–water partition coefficient (Wildman–Crippen LogP) is 3.03. The molecule has 0 bridgehead atoms. The molecule has 110 valence electrons. The van der Waals surface area contributed by atoms with E-state index >= 15 is 0 Å². The Balaban J connectivity index is 0.00000200. The van der Waals surface area contributed by atoms with Crippen LogP contribution in [0.15, 0.2) is 24.4 Å². The average molecular weight is 306 g/mol. The maximum Gasteiger partial charge on any atom is 0.333 e. The number of phenolic OH excluding ortho intramolecular Hbond substituents is 2. The molecule has 2 aromatic rings. The zero-order valence-electron chi connectivity index (χ0n) is 10.5. The summed E-state index contributed by atoms with van der Waals surface area (Å²) in [5, 5.41) is 25.3. The van der Waals surface area contributed by atoms with Crippen molar-refractivity contribution >= 4 is 18.1 Å². The molecule has 3 N–H and O–H groups in total. The van der Waals surface area contributed by atoms with E-state index in [1.54, 1.807) is 13.0 Å². The Kier molecular flexibility index (Phi) is 5.15. The molecule has 8 heteroatoms. The molecule has 0 fully saturated rings. The Bertz CT molecular complexity index is 590. The van der Waals surface area contributed by atoms with Crippen molar-refractivity contribution in [2.24, 2.45) is 0 Å². The van der Waals surface area contributed by atoms with Gasteiger partial charge in [0.1, 0.15) is 11.5 Å². The normalized spacial score (nSPS) is 10.4. The van der Waals surface area contributed by atoms with Gasteiger partial charge in [0.25, 0.3) is 0 Å². The average Bonchev–Trinajstić information content (AvgIpc) is 2.70. The Labute approximate surface area is 120 Å². The Morgan fingerprint density at radius 1 is 1.35 bits per heavy atom. The van der Waals surface area contributed by atoms with Crippen molar-refractivity contribution in [1.29, 1.82) is 0 Å². The van der Waals surface area contributed by atoms with Crippen LogP contribution in [0, 0.1) is 6.92 Å². The van der Waals surface area contributed by atoms with Crippen molar-refractivity contribution in [3.63, 3.8) is 0 Å². The number of hydrogen-bond acceptors (Lipinski definition) is 4. The smallest absolute Gasteiger partial charge is 0.333 e. The molecule has 0 spiro atoms. The van der Waals surface area contributed by atoms with Gasteiger partial charge in [0.2, 0.25) is 0 Å². The predicted molar refractivity (Wildman–Crippen MR) is 72.6 cm³/mol. The maximum atomic E-state index is 12.4. The molecule has 0 radical (unpaired) electrons. The lowest BCUT2D eigenvalue weighted by molar-refractivity contribution is 0.0563. The minimum Gasteiger partial charge on any atom is -0.508 e. The number of nitrogens with zero attached hydrogens (tertiary/aromatic N) is 2. The van der Waals surface area contributed by atoms with Crippen molar-refractivity contribution in [3.05, 3.63) is 35.7 Å². The van der Waals surface area contributed by atoms with Gasteiger partial charge in [-0.1, -0.05) is 0 Å². The summed E-state index contributed by atoms with van der Waals surface area (Å²) in [4.78, 5) is 0. The number of hydrogen-bond donors (Lipinski definition) is 3. The highest BCUT2D eigenvalue weighted by molar-refractivity contribution is 5.85. The molecule has 1 aromatic carbocycles. The molecule has 2 rings (SSSR count). The quantitative estimate of drug-likeness (QED) is 0.812. The van der Waals surface area contributed by atoms with E-state index in [9.17, 15) is 13.9 Å². The summed E-state index contributed by atoms with van der Waals surface area (Å²) in [5.74, 6) is -0.102. The van der Waals surface area contributed by atoms with E-state index in [4.69, 9.17) is 5.11 Å². The van der Waals surface area contributed by atoms with E-state index < -0.39 is 6.55 Å². The molecule has 20 heavy (non-hydrogen) atoms. The third-order valence-corrected chi connectivity index (χ3v) is 2.65. The lowest BCUT2D eigenvalue weighted by Gasteiger charge is -2.07. The second-order valence-electron chi connectivity index (χ2n) is 4.05. The first-order valence-corrected chi connectivity index (χ1v) is 5.56. The summed E-state index contributed by atoms with van der Waals surface area (Å²) in [6.07, 6.45) is 1.21. The number of halogens is 3. The number of aromatic nitrogens is 2. The molecule has 5 nitrogen and oxygen atoms in total. The van der Waals surface area contributed by atoms with Crippen LogP contribution in [0.5, 0.6) is 11.5 Å². The van der Waals surface area contributed by atoms with Gasteiger partial charge in [-0.2, -0.15) is 13.9 Å². The number of aryl methyl sites for hydroxylation is 1. The highest BCUT2D eigenvalue weighted by Crippen LogP contribution is 2.24. The van der Waals surface area contributed by atoms with Crippen LogP contribution in [0.4, 0.5) is 14.5 Å². The largest absolute Gasteiger partial charge is 0.508 e. The number of phenols is 2. The van der Waals surface area contributed by atoms with E-state index in [1.165, 1.54) is 18.3 Å². The molecule has 0 amide bonds. The first-order valence-electron chi connectivity index (χ1n) is 5.56. The van der Waals surface area contributed by atoms with Gasteiger partial charge in [-0.25, -0.2) is 4.68 Å². The first kappa shape index (κ1) is 16.0. The highest BCUT2D eigenvalue weighted by atomic mass is 35.5. The molecular weight excluding hydrogens is 292 g/mol. The summed E-state index contributed by atoms with van der Waals surface area (Å²) in [5.41, 5.74) is 1.45. The van der Waals surface area contributed by atoms with E-state index in [1.807, 2.05) is 0 Å². The van der Waals surface area contributed by atoms with Gasteiger partial charge in [0.05, 0.1) is 17.6 Å².